The highest BCUT2D eigenvalue weighted by atomic mass is 15.1. The van der Waals surface area contributed by atoms with E-state index in [1.165, 1.54) is 6.20 Å². The van der Waals surface area contributed by atoms with Gasteiger partial charge in [0.1, 0.15) is 17.5 Å². The van der Waals surface area contributed by atoms with Crippen LogP contribution in [0.3, 0.4) is 0 Å². The Labute approximate surface area is 93.6 Å². The Morgan fingerprint density at radius 2 is 2.19 bits per heavy atom. The molecule has 0 radical (unpaired) electrons. The van der Waals surface area contributed by atoms with Crippen LogP contribution in [0.1, 0.15) is 5.82 Å². The van der Waals surface area contributed by atoms with Gasteiger partial charge in [-0.3, -0.25) is 0 Å². The summed E-state index contributed by atoms with van der Waals surface area (Å²) >= 11 is 0. The van der Waals surface area contributed by atoms with Gasteiger partial charge in [-0.05, 0) is 0 Å². The first kappa shape index (κ1) is 10.4. The largest absolute Gasteiger partial charge is 0.382 e. The van der Waals surface area contributed by atoms with E-state index >= 15 is 0 Å². The Morgan fingerprint density at radius 1 is 1.31 bits per heavy atom. The molecule has 0 aliphatic rings. The summed E-state index contributed by atoms with van der Waals surface area (Å²) in [6.45, 7) is 0.767. The summed E-state index contributed by atoms with van der Waals surface area (Å²) in [6.07, 6.45) is 7.71. The third-order valence-electron chi connectivity index (χ3n) is 2.25. The molecular weight excluding hydrogens is 204 g/mol. The molecule has 0 fully saturated rings. The topological polar surface area (TPSA) is 81.7 Å². The summed E-state index contributed by atoms with van der Waals surface area (Å²) in [5, 5.41) is 3.15. The van der Waals surface area contributed by atoms with Gasteiger partial charge in [0.2, 0.25) is 0 Å². The molecule has 0 spiro atoms. The normalized spacial score (nSPS) is 10.3. The van der Waals surface area contributed by atoms with E-state index in [4.69, 9.17) is 5.73 Å². The minimum Gasteiger partial charge on any atom is -0.382 e. The molecule has 16 heavy (non-hydrogen) atoms. The molecule has 0 amide bonds. The fourth-order valence-corrected chi connectivity index (χ4v) is 1.37. The smallest absolute Gasteiger partial charge is 0.144 e. The number of nitrogen functional groups attached to an aromatic ring is 1. The molecule has 2 aromatic rings. The predicted molar refractivity (Wildman–Crippen MR) is 61.8 cm³/mol. The molecule has 2 rings (SSSR count). The second kappa shape index (κ2) is 4.61. The molecular formula is C10H14N6. The van der Waals surface area contributed by atoms with Gasteiger partial charge in [0.15, 0.2) is 0 Å². The number of aromatic nitrogens is 4. The highest BCUT2D eigenvalue weighted by Crippen LogP contribution is 2.02. The standard InChI is InChI=1S/C10H14N6/c1-16-5-4-13-10(16)2-3-12-9-7-14-8(11)6-15-9/h4-7H,2-3H2,1H3,(H2,11,14)(H,12,15). The second-order valence-electron chi connectivity index (χ2n) is 3.46. The van der Waals surface area contributed by atoms with Crippen LogP contribution in [0.25, 0.3) is 0 Å². The van der Waals surface area contributed by atoms with E-state index < -0.39 is 0 Å². The van der Waals surface area contributed by atoms with Gasteiger partial charge < -0.3 is 15.6 Å². The summed E-state index contributed by atoms with van der Waals surface area (Å²) in [6, 6.07) is 0. The average Bonchev–Trinajstić information content (AvgIpc) is 2.68. The number of hydrogen-bond acceptors (Lipinski definition) is 5. The lowest BCUT2D eigenvalue weighted by Crippen LogP contribution is -2.09. The zero-order chi connectivity index (χ0) is 11.4. The van der Waals surface area contributed by atoms with Crippen LogP contribution in [0, 0.1) is 0 Å². The SMILES string of the molecule is Cn1ccnc1CCNc1cnc(N)cn1. The number of aryl methyl sites for hydroxylation is 1. The number of hydrogen-bond donors (Lipinski definition) is 2. The molecule has 0 unspecified atom stereocenters. The summed E-state index contributed by atoms with van der Waals surface area (Å²) in [5.41, 5.74) is 5.44. The molecule has 2 heterocycles. The van der Waals surface area contributed by atoms with Crippen molar-refractivity contribution in [1.29, 1.82) is 0 Å². The van der Waals surface area contributed by atoms with Crippen LogP contribution in [-0.4, -0.2) is 26.1 Å². The molecule has 3 N–H and O–H groups in total. The Hall–Kier alpha value is -2.11. The Morgan fingerprint density at radius 3 is 2.81 bits per heavy atom. The highest BCUT2D eigenvalue weighted by molar-refractivity contribution is 5.35. The average molecular weight is 218 g/mol. The molecule has 6 nitrogen and oxygen atoms in total. The molecule has 0 aromatic carbocycles. The number of nitrogens with two attached hydrogens (primary N) is 1. The summed E-state index contributed by atoms with van der Waals surface area (Å²) < 4.78 is 2.00. The van der Waals surface area contributed by atoms with Crippen molar-refractivity contribution in [2.45, 2.75) is 6.42 Å². The van der Waals surface area contributed by atoms with Crippen LogP contribution in [0.5, 0.6) is 0 Å². The first-order valence-electron chi connectivity index (χ1n) is 5.03. The number of imidazole rings is 1. The van der Waals surface area contributed by atoms with Crippen molar-refractivity contribution in [2.75, 3.05) is 17.6 Å². The van der Waals surface area contributed by atoms with Crippen molar-refractivity contribution in [3.05, 3.63) is 30.6 Å². The van der Waals surface area contributed by atoms with Crippen LogP contribution in [-0.2, 0) is 13.5 Å². The van der Waals surface area contributed by atoms with E-state index in [-0.39, 0.29) is 0 Å². The Bertz CT molecular complexity index is 447. The van der Waals surface area contributed by atoms with Crippen molar-refractivity contribution < 1.29 is 0 Å². The lowest BCUT2D eigenvalue weighted by atomic mass is 10.4. The predicted octanol–water partition coefficient (Wildman–Crippen LogP) is 0.447. The summed E-state index contributed by atoms with van der Waals surface area (Å²) in [4.78, 5) is 12.3. The fraction of sp³-hybridized carbons (Fsp3) is 0.300. The maximum Gasteiger partial charge on any atom is 0.144 e. The van der Waals surface area contributed by atoms with Crippen molar-refractivity contribution in [3.63, 3.8) is 0 Å². The lowest BCUT2D eigenvalue weighted by Gasteiger charge is -2.05. The zero-order valence-electron chi connectivity index (χ0n) is 9.09. The lowest BCUT2D eigenvalue weighted by molar-refractivity contribution is 0.788. The summed E-state index contributed by atoms with van der Waals surface area (Å²) in [7, 11) is 1.98. The van der Waals surface area contributed by atoms with Gasteiger partial charge in [0.25, 0.3) is 0 Å². The number of rotatable bonds is 4. The molecule has 0 aliphatic heterocycles. The minimum absolute atomic E-state index is 0.426. The van der Waals surface area contributed by atoms with Crippen molar-refractivity contribution in [2.24, 2.45) is 7.05 Å². The number of nitrogens with zero attached hydrogens (tertiary/aromatic N) is 4. The molecule has 0 bridgehead atoms. The maximum atomic E-state index is 5.44. The van der Waals surface area contributed by atoms with Gasteiger partial charge in [-0.2, -0.15) is 0 Å². The first-order valence-corrected chi connectivity index (χ1v) is 5.03. The minimum atomic E-state index is 0.426. The van der Waals surface area contributed by atoms with Gasteiger partial charge in [-0.15, -0.1) is 0 Å². The van der Waals surface area contributed by atoms with E-state index in [2.05, 4.69) is 20.3 Å². The van der Waals surface area contributed by atoms with Crippen molar-refractivity contribution in [3.8, 4) is 0 Å². The van der Waals surface area contributed by atoms with Crippen LogP contribution in [0.4, 0.5) is 11.6 Å². The fourth-order valence-electron chi connectivity index (χ4n) is 1.37. The van der Waals surface area contributed by atoms with E-state index in [0.29, 0.717) is 5.82 Å². The molecule has 0 aliphatic carbocycles. The van der Waals surface area contributed by atoms with E-state index in [9.17, 15) is 0 Å². The Kier molecular flexibility index (Phi) is 3.00. The van der Waals surface area contributed by atoms with Gasteiger partial charge >= 0.3 is 0 Å². The second-order valence-corrected chi connectivity index (χ2v) is 3.46. The number of anilines is 2. The third-order valence-corrected chi connectivity index (χ3v) is 2.25. The molecule has 6 heteroatoms. The van der Waals surface area contributed by atoms with Crippen LogP contribution < -0.4 is 11.1 Å². The highest BCUT2D eigenvalue weighted by Gasteiger charge is 1.99. The van der Waals surface area contributed by atoms with Crippen LogP contribution >= 0.6 is 0 Å². The number of nitrogens with one attached hydrogen (secondary N) is 1. The van der Waals surface area contributed by atoms with Gasteiger partial charge in [0, 0.05) is 32.4 Å². The molecule has 84 valence electrons. The quantitative estimate of drug-likeness (QED) is 0.778. The van der Waals surface area contributed by atoms with Crippen LogP contribution in [0.2, 0.25) is 0 Å². The van der Waals surface area contributed by atoms with Crippen molar-refractivity contribution >= 4 is 11.6 Å². The molecule has 2 aromatic heterocycles. The van der Waals surface area contributed by atoms with Gasteiger partial charge in [-0.25, -0.2) is 15.0 Å². The first-order chi connectivity index (χ1) is 7.75. The van der Waals surface area contributed by atoms with E-state index in [1.807, 2.05) is 17.8 Å². The van der Waals surface area contributed by atoms with E-state index in [0.717, 1.165) is 24.6 Å². The third kappa shape index (κ3) is 2.47. The van der Waals surface area contributed by atoms with E-state index in [1.54, 1.807) is 12.4 Å². The van der Waals surface area contributed by atoms with Gasteiger partial charge in [-0.1, -0.05) is 0 Å². The summed E-state index contributed by atoms with van der Waals surface area (Å²) in [5.74, 6) is 2.19. The molecule has 0 saturated heterocycles. The van der Waals surface area contributed by atoms with Crippen LogP contribution in [0.15, 0.2) is 24.8 Å². The maximum absolute atomic E-state index is 5.44. The van der Waals surface area contributed by atoms with Gasteiger partial charge in [0.05, 0.1) is 12.4 Å². The monoisotopic (exact) mass is 218 g/mol. The Balaban J connectivity index is 1.84. The molecule has 0 atom stereocenters. The molecule has 0 saturated carbocycles. The zero-order valence-corrected chi connectivity index (χ0v) is 9.09. The van der Waals surface area contributed by atoms with Crippen molar-refractivity contribution in [1.82, 2.24) is 19.5 Å².